The van der Waals surface area contributed by atoms with Crippen LogP contribution in [0.2, 0.25) is 0 Å². The molecule has 0 unspecified atom stereocenters. The minimum Gasteiger partial charge on any atom is -0.355 e. The van der Waals surface area contributed by atoms with Gasteiger partial charge in [-0.15, -0.1) is 0 Å². The zero-order chi connectivity index (χ0) is 23.4. The van der Waals surface area contributed by atoms with Crippen LogP contribution in [-0.4, -0.2) is 54.6 Å². The van der Waals surface area contributed by atoms with E-state index in [0.717, 1.165) is 25.7 Å². The van der Waals surface area contributed by atoms with Gasteiger partial charge in [0.05, 0.1) is 11.0 Å². The molecule has 2 aliphatic rings. The number of fused-ring (bicyclic) bond motifs is 2. The second-order valence-electron chi connectivity index (χ2n) is 9.20. The molecule has 0 atom stereocenters. The second kappa shape index (κ2) is 7.93. The molecule has 0 spiro atoms. The highest BCUT2D eigenvalue weighted by atomic mass is 19.1. The van der Waals surface area contributed by atoms with Crippen LogP contribution in [0.25, 0.3) is 22.2 Å². The standard InChI is InChI=1S/C23H25FN8O2/c1-30-19-18(29-21(30)22(33)25-11-13-2-3-13)20(27-12-26-19)31-8-6-15(7-9-31)32-17-5-4-14(24)10-16(17)28-23(32)34/h4-5,10,12-13,15H,2-3,6-9,11H2,1H3,(H,25,33)(H,28,34). The number of aromatic amines is 1. The smallest absolute Gasteiger partial charge is 0.326 e. The van der Waals surface area contributed by atoms with Gasteiger partial charge in [-0.2, -0.15) is 0 Å². The third-order valence-corrected chi connectivity index (χ3v) is 6.90. The van der Waals surface area contributed by atoms with Crippen LogP contribution >= 0.6 is 0 Å². The van der Waals surface area contributed by atoms with Crippen molar-refractivity contribution in [1.82, 2.24) is 34.4 Å². The van der Waals surface area contributed by atoms with Crippen molar-refractivity contribution in [2.24, 2.45) is 13.0 Å². The zero-order valence-electron chi connectivity index (χ0n) is 18.8. The molecule has 0 radical (unpaired) electrons. The van der Waals surface area contributed by atoms with Crippen LogP contribution in [-0.2, 0) is 7.05 Å². The average molecular weight is 465 g/mol. The number of halogens is 1. The maximum atomic E-state index is 13.6. The normalized spacial score (nSPS) is 17.1. The van der Waals surface area contributed by atoms with E-state index in [4.69, 9.17) is 0 Å². The molecule has 1 aliphatic carbocycles. The Labute approximate surface area is 193 Å². The van der Waals surface area contributed by atoms with Crippen LogP contribution in [0.4, 0.5) is 10.2 Å². The van der Waals surface area contributed by atoms with Crippen LogP contribution in [0.15, 0.2) is 29.3 Å². The molecular weight excluding hydrogens is 439 g/mol. The number of carbonyl (C=O) groups is 1. The number of carbonyl (C=O) groups excluding carboxylic acids is 1. The number of benzene rings is 1. The second-order valence-corrected chi connectivity index (χ2v) is 9.20. The Kier molecular flexibility index (Phi) is 4.85. The molecule has 0 bridgehead atoms. The molecule has 1 saturated heterocycles. The summed E-state index contributed by atoms with van der Waals surface area (Å²) in [5.74, 6) is 1.02. The first-order chi connectivity index (χ1) is 16.5. The predicted octanol–water partition coefficient (Wildman–Crippen LogP) is 2.13. The maximum absolute atomic E-state index is 13.6. The van der Waals surface area contributed by atoms with Gasteiger partial charge in [0.1, 0.15) is 12.1 Å². The maximum Gasteiger partial charge on any atom is 0.326 e. The van der Waals surface area contributed by atoms with Gasteiger partial charge in [0.25, 0.3) is 5.91 Å². The van der Waals surface area contributed by atoms with E-state index in [1.54, 1.807) is 22.2 Å². The highest BCUT2D eigenvalue weighted by Crippen LogP contribution is 2.31. The number of imidazole rings is 2. The number of H-pyrrole nitrogens is 1. The molecule has 2 fully saturated rings. The summed E-state index contributed by atoms with van der Waals surface area (Å²) < 4.78 is 17.0. The number of nitrogens with zero attached hydrogens (tertiary/aromatic N) is 6. The summed E-state index contributed by atoms with van der Waals surface area (Å²) in [7, 11) is 1.79. The molecule has 4 heterocycles. The first-order valence-corrected chi connectivity index (χ1v) is 11.6. The molecule has 34 heavy (non-hydrogen) atoms. The fraction of sp³-hybridized carbons (Fsp3) is 0.435. The fourth-order valence-corrected chi connectivity index (χ4v) is 4.86. The monoisotopic (exact) mass is 464 g/mol. The number of aromatic nitrogens is 6. The van der Waals surface area contributed by atoms with Crippen LogP contribution in [0.3, 0.4) is 0 Å². The Bertz CT molecular complexity index is 1460. The first kappa shape index (κ1) is 20.8. The largest absolute Gasteiger partial charge is 0.355 e. The van der Waals surface area contributed by atoms with Gasteiger partial charge in [-0.25, -0.2) is 24.1 Å². The SMILES string of the molecule is Cn1c(C(=O)NCC2CC2)nc2c(N3CCC(n4c(=O)[nH]c5cc(F)ccc54)CC3)ncnc21. The molecule has 1 saturated carbocycles. The van der Waals surface area contributed by atoms with E-state index in [1.165, 1.54) is 18.5 Å². The number of aryl methyl sites for hydroxylation is 1. The molecule has 4 aromatic rings. The van der Waals surface area contributed by atoms with Crippen LogP contribution in [0, 0.1) is 11.7 Å². The average Bonchev–Trinajstić information content (AvgIpc) is 3.53. The minimum atomic E-state index is -0.376. The molecule has 1 amide bonds. The highest BCUT2D eigenvalue weighted by molar-refractivity contribution is 5.96. The van der Waals surface area contributed by atoms with Gasteiger partial charge in [0, 0.05) is 32.7 Å². The van der Waals surface area contributed by atoms with Gasteiger partial charge >= 0.3 is 5.69 Å². The lowest BCUT2D eigenvalue weighted by atomic mass is 10.0. The van der Waals surface area contributed by atoms with Crippen molar-refractivity contribution in [3.8, 4) is 0 Å². The number of hydrogen-bond donors (Lipinski definition) is 2. The van der Waals surface area contributed by atoms with Crippen molar-refractivity contribution in [3.63, 3.8) is 0 Å². The van der Waals surface area contributed by atoms with Crippen molar-refractivity contribution in [3.05, 3.63) is 46.7 Å². The van der Waals surface area contributed by atoms with Crippen LogP contribution in [0.1, 0.15) is 42.3 Å². The van der Waals surface area contributed by atoms with Crippen molar-refractivity contribution in [2.75, 3.05) is 24.5 Å². The number of amides is 1. The van der Waals surface area contributed by atoms with Crippen molar-refractivity contribution >= 4 is 33.9 Å². The van der Waals surface area contributed by atoms with Gasteiger partial charge in [-0.1, -0.05) is 0 Å². The molecule has 3 aromatic heterocycles. The van der Waals surface area contributed by atoms with Gasteiger partial charge in [0.2, 0.25) is 5.82 Å². The summed E-state index contributed by atoms with van der Waals surface area (Å²) in [5.41, 5.74) is 2.19. The van der Waals surface area contributed by atoms with E-state index in [1.807, 2.05) is 0 Å². The van der Waals surface area contributed by atoms with Gasteiger partial charge in [-0.05, 0) is 49.8 Å². The van der Waals surface area contributed by atoms with Gasteiger partial charge in [-0.3, -0.25) is 9.36 Å². The molecule has 176 valence electrons. The topological polar surface area (TPSA) is 114 Å². The molecule has 10 nitrogen and oxygen atoms in total. The van der Waals surface area contributed by atoms with Gasteiger partial charge in [0.15, 0.2) is 17.0 Å². The molecule has 11 heteroatoms. The lowest BCUT2D eigenvalue weighted by molar-refractivity contribution is 0.0939. The Balaban J connectivity index is 1.24. The van der Waals surface area contributed by atoms with E-state index in [2.05, 4.69) is 30.2 Å². The molecule has 1 aromatic carbocycles. The Hall–Kier alpha value is -3.76. The number of rotatable bonds is 5. The van der Waals surface area contributed by atoms with E-state index in [0.29, 0.717) is 59.4 Å². The molecule has 1 aliphatic heterocycles. The Morgan fingerprint density at radius 1 is 1.21 bits per heavy atom. The predicted molar refractivity (Wildman–Crippen MR) is 124 cm³/mol. The summed E-state index contributed by atoms with van der Waals surface area (Å²) in [6.45, 7) is 2.00. The lowest BCUT2D eigenvalue weighted by Gasteiger charge is -2.33. The van der Waals surface area contributed by atoms with Crippen molar-refractivity contribution in [1.29, 1.82) is 0 Å². The third kappa shape index (κ3) is 3.51. The molecule has 2 N–H and O–H groups in total. The van der Waals surface area contributed by atoms with Crippen LogP contribution in [0.5, 0.6) is 0 Å². The number of hydrogen-bond acceptors (Lipinski definition) is 6. The minimum absolute atomic E-state index is 0.00668. The fourth-order valence-electron chi connectivity index (χ4n) is 4.86. The number of piperidine rings is 1. The zero-order valence-corrected chi connectivity index (χ0v) is 18.8. The van der Waals surface area contributed by atoms with Crippen molar-refractivity contribution < 1.29 is 9.18 Å². The van der Waals surface area contributed by atoms with Gasteiger partial charge < -0.3 is 19.8 Å². The highest BCUT2D eigenvalue weighted by Gasteiger charge is 2.28. The van der Waals surface area contributed by atoms with E-state index < -0.39 is 0 Å². The summed E-state index contributed by atoms with van der Waals surface area (Å²) in [6, 6.07) is 4.36. The summed E-state index contributed by atoms with van der Waals surface area (Å²) in [4.78, 5) is 43.6. The Morgan fingerprint density at radius 2 is 2.00 bits per heavy atom. The van der Waals surface area contributed by atoms with Crippen molar-refractivity contribution in [2.45, 2.75) is 31.7 Å². The van der Waals surface area contributed by atoms with E-state index >= 15 is 0 Å². The molecule has 6 rings (SSSR count). The summed E-state index contributed by atoms with van der Waals surface area (Å²) >= 11 is 0. The third-order valence-electron chi connectivity index (χ3n) is 6.90. The van der Waals surface area contributed by atoms with E-state index in [-0.39, 0.29) is 23.5 Å². The Morgan fingerprint density at radius 3 is 2.76 bits per heavy atom. The quantitative estimate of drug-likeness (QED) is 0.468. The first-order valence-electron chi connectivity index (χ1n) is 11.6. The number of anilines is 1. The van der Waals surface area contributed by atoms with E-state index in [9.17, 15) is 14.0 Å². The summed E-state index contributed by atoms with van der Waals surface area (Å²) in [6.07, 6.45) is 5.26. The summed E-state index contributed by atoms with van der Waals surface area (Å²) in [5, 5.41) is 2.96. The number of nitrogens with one attached hydrogen (secondary N) is 2. The van der Waals surface area contributed by atoms with Crippen LogP contribution < -0.4 is 15.9 Å². The lowest BCUT2D eigenvalue weighted by Crippen LogP contribution is -2.37. The molecular formula is C23H25FN8O2.